The molecule has 1 aromatic carbocycles. The molecule has 3 N–H and O–H groups in total. The molecule has 0 spiro atoms. The van der Waals surface area contributed by atoms with E-state index in [0.29, 0.717) is 5.82 Å². The molecule has 0 unspecified atom stereocenters. The van der Waals surface area contributed by atoms with Gasteiger partial charge in [-0.1, -0.05) is 28.1 Å². The predicted molar refractivity (Wildman–Crippen MR) is 69.5 cm³/mol. The Labute approximate surface area is 106 Å². The normalized spacial score (nSPS) is 10.4. The summed E-state index contributed by atoms with van der Waals surface area (Å²) in [5, 5.41) is 0. The molecule has 0 aliphatic heterocycles. The third kappa shape index (κ3) is 2.12. The molecule has 1 aromatic heterocycles. The van der Waals surface area contributed by atoms with Gasteiger partial charge in [-0.2, -0.15) is 4.98 Å². The van der Waals surface area contributed by atoms with E-state index in [1.807, 2.05) is 25.1 Å². The fourth-order valence-corrected chi connectivity index (χ4v) is 1.95. The number of hydrogen-bond acceptors (Lipinski definition) is 4. The number of hydrogen-bond donors (Lipinski definition) is 2. The quantitative estimate of drug-likeness (QED) is 0.794. The van der Waals surface area contributed by atoms with Gasteiger partial charge < -0.3 is 10.7 Å². The Morgan fingerprint density at radius 2 is 2.12 bits per heavy atom. The van der Waals surface area contributed by atoms with Gasteiger partial charge in [0.25, 0.3) is 0 Å². The van der Waals surface area contributed by atoms with E-state index in [0.717, 1.165) is 15.6 Å². The van der Waals surface area contributed by atoms with E-state index in [1.165, 1.54) is 0 Å². The zero-order valence-electron chi connectivity index (χ0n) is 8.49. The highest BCUT2D eigenvalue weighted by Gasteiger charge is 2.07. The van der Waals surface area contributed by atoms with Gasteiger partial charge in [0.05, 0.1) is 0 Å². The smallest absolute Gasteiger partial charge is 0.224 e. The molecule has 6 heteroatoms. The van der Waals surface area contributed by atoms with Crippen LogP contribution in [0.15, 0.2) is 22.7 Å². The highest BCUT2D eigenvalue weighted by Crippen LogP contribution is 2.26. The molecular formula is C10H9BrN4S. The summed E-state index contributed by atoms with van der Waals surface area (Å²) in [4.78, 5) is 10.9. The third-order valence-electron chi connectivity index (χ3n) is 2.19. The van der Waals surface area contributed by atoms with Crippen molar-refractivity contribution in [3.8, 4) is 11.4 Å². The largest absolute Gasteiger partial charge is 0.369 e. The number of benzene rings is 1. The van der Waals surface area contributed by atoms with Crippen LogP contribution in [0, 0.1) is 11.7 Å². The molecular weight excluding hydrogens is 288 g/mol. The molecule has 0 aliphatic carbocycles. The van der Waals surface area contributed by atoms with Crippen LogP contribution in [0.3, 0.4) is 0 Å². The van der Waals surface area contributed by atoms with Crippen molar-refractivity contribution in [2.24, 2.45) is 0 Å². The average molecular weight is 297 g/mol. The topological polar surface area (TPSA) is 67.6 Å². The molecule has 0 amide bonds. The summed E-state index contributed by atoms with van der Waals surface area (Å²) in [7, 11) is 0. The summed E-state index contributed by atoms with van der Waals surface area (Å²) in [6.07, 6.45) is 0. The van der Waals surface area contributed by atoms with Crippen LogP contribution >= 0.6 is 28.1 Å². The second kappa shape index (κ2) is 4.31. The van der Waals surface area contributed by atoms with Gasteiger partial charge in [-0.15, -0.1) is 0 Å². The van der Waals surface area contributed by atoms with E-state index >= 15 is 0 Å². The summed E-state index contributed by atoms with van der Waals surface area (Å²) < 4.78 is 1.26. The first-order chi connectivity index (χ1) is 7.58. The van der Waals surface area contributed by atoms with Crippen molar-refractivity contribution in [2.75, 3.05) is 5.73 Å². The third-order valence-corrected chi connectivity index (χ3v) is 3.23. The second-order valence-electron chi connectivity index (χ2n) is 3.28. The lowest BCUT2D eigenvalue weighted by atomic mass is 10.1. The number of nitrogens with one attached hydrogen (secondary N) is 1. The molecule has 2 rings (SSSR count). The Hall–Kier alpha value is -1.27. The van der Waals surface area contributed by atoms with Crippen LogP contribution < -0.4 is 5.73 Å². The SMILES string of the molecule is Cc1c(Br)cccc1-c1nc(=S)nc(N)[nH]1. The van der Waals surface area contributed by atoms with Gasteiger partial charge in [-0.25, -0.2) is 4.98 Å². The van der Waals surface area contributed by atoms with Gasteiger partial charge in [0.15, 0.2) is 0 Å². The molecule has 2 aromatic rings. The molecule has 16 heavy (non-hydrogen) atoms. The van der Waals surface area contributed by atoms with Gasteiger partial charge >= 0.3 is 0 Å². The first kappa shape index (κ1) is 11.2. The number of aromatic nitrogens is 3. The van der Waals surface area contributed by atoms with Gasteiger partial charge in [-0.05, 0) is 30.8 Å². The van der Waals surface area contributed by atoms with Gasteiger partial charge in [0.1, 0.15) is 5.82 Å². The summed E-state index contributed by atoms with van der Waals surface area (Å²) in [6.45, 7) is 1.99. The molecule has 0 radical (unpaired) electrons. The highest BCUT2D eigenvalue weighted by atomic mass is 79.9. The first-order valence-electron chi connectivity index (χ1n) is 4.57. The number of nitrogen functional groups attached to an aromatic ring is 1. The molecule has 82 valence electrons. The Bertz CT molecular complexity index is 594. The van der Waals surface area contributed by atoms with E-state index in [-0.39, 0.29) is 10.7 Å². The number of halogens is 1. The molecule has 0 fully saturated rings. The lowest BCUT2D eigenvalue weighted by Gasteiger charge is -2.07. The van der Waals surface area contributed by atoms with Gasteiger partial charge in [0.2, 0.25) is 10.7 Å². The molecule has 0 bridgehead atoms. The molecule has 0 atom stereocenters. The Morgan fingerprint density at radius 1 is 1.38 bits per heavy atom. The maximum atomic E-state index is 5.60. The Morgan fingerprint density at radius 3 is 2.81 bits per heavy atom. The molecule has 1 heterocycles. The maximum Gasteiger partial charge on any atom is 0.224 e. The van der Waals surface area contributed by atoms with E-state index in [1.54, 1.807) is 0 Å². The van der Waals surface area contributed by atoms with Gasteiger partial charge in [0, 0.05) is 10.0 Å². The van der Waals surface area contributed by atoms with Crippen molar-refractivity contribution in [1.29, 1.82) is 0 Å². The van der Waals surface area contributed by atoms with E-state index in [2.05, 4.69) is 30.9 Å². The lowest BCUT2D eigenvalue weighted by molar-refractivity contribution is 1.05. The zero-order valence-corrected chi connectivity index (χ0v) is 10.9. The fraction of sp³-hybridized carbons (Fsp3) is 0.100. The van der Waals surface area contributed by atoms with Crippen LogP contribution in [0.1, 0.15) is 5.56 Å². The van der Waals surface area contributed by atoms with E-state index in [4.69, 9.17) is 18.0 Å². The minimum atomic E-state index is 0.241. The van der Waals surface area contributed by atoms with Crippen LogP contribution in [0.5, 0.6) is 0 Å². The van der Waals surface area contributed by atoms with E-state index < -0.39 is 0 Å². The second-order valence-corrected chi connectivity index (χ2v) is 4.50. The number of aromatic amines is 1. The van der Waals surface area contributed by atoms with Crippen molar-refractivity contribution in [3.05, 3.63) is 33.0 Å². The number of rotatable bonds is 1. The number of anilines is 1. The zero-order chi connectivity index (χ0) is 11.7. The summed E-state index contributed by atoms with van der Waals surface area (Å²) in [5.74, 6) is 0.908. The summed E-state index contributed by atoms with van der Waals surface area (Å²) in [5.41, 5.74) is 7.63. The minimum absolute atomic E-state index is 0.241. The Kier molecular flexibility index (Phi) is 3.02. The lowest BCUT2D eigenvalue weighted by Crippen LogP contribution is -2.00. The van der Waals surface area contributed by atoms with Crippen LogP contribution in [-0.4, -0.2) is 15.0 Å². The molecule has 0 aliphatic rings. The van der Waals surface area contributed by atoms with Gasteiger partial charge in [-0.3, -0.25) is 0 Å². The van der Waals surface area contributed by atoms with Crippen LogP contribution in [0.25, 0.3) is 11.4 Å². The van der Waals surface area contributed by atoms with Crippen LogP contribution in [0.4, 0.5) is 5.95 Å². The first-order valence-corrected chi connectivity index (χ1v) is 5.77. The van der Waals surface area contributed by atoms with Crippen LogP contribution in [-0.2, 0) is 0 Å². The number of H-pyrrole nitrogens is 1. The van der Waals surface area contributed by atoms with Crippen molar-refractivity contribution in [3.63, 3.8) is 0 Å². The Balaban J connectivity index is 2.67. The summed E-state index contributed by atoms with van der Waals surface area (Å²) >= 11 is 8.39. The number of nitrogens with two attached hydrogens (primary N) is 1. The molecule has 4 nitrogen and oxygen atoms in total. The average Bonchev–Trinajstić information content (AvgIpc) is 2.20. The van der Waals surface area contributed by atoms with Crippen molar-refractivity contribution in [1.82, 2.24) is 15.0 Å². The van der Waals surface area contributed by atoms with Crippen molar-refractivity contribution >= 4 is 34.1 Å². The predicted octanol–water partition coefficient (Wildman–Crippen LogP) is 2.85. The molecule has 0 saturated carbocycles. The van der Waals surface area contributed by atoms with Crippen LogP contribution in [0.2, 0.25) is 0 Å². The monoisotopic (exact) mass is 296 g/mol. The molecule has 0 saturated heterocycles. The highest BCUT2D eigenvalue weighted by molar-refractivity contribution is 9.10. The maximum absolute atomic E-state index is 5.60. The minimum Gasteiger partial charge on any atom is -0.369 e. The fourth-order valence-electron chi connectivity index (χ4n) is 1.39. The van der Waals surface area contributed by atoms with Crippen molar-refractivity contribution < 1.29 is 0 Å². The van der Waals surface area contributed by atoms with Crippen molar-refractivity contribution in [2.45, 2.75) is 6.92 Å². The van der Waals surface area contributed by atoms with E-state index in [9.17, 15) is 0 Å². The summed E-state index contributed by atoms with van der Waals surface area (Å²) in [6, 6.07) is 5.85. The number of nitrogens with zero attached hydrogens (tertiary/aromatic N) is 2. The standard InChI is InChI=1S/C10H9BrN4S/c1-5-6(3-2-4-7(5)11)8-13-9(12)15-10(16)14-8/h2-4H,1H3,(H3,12,13,14,15,16).